The van der Waals surface area contributed by atoms with Gasteiger partial charge in [0.1, 0.15) is 0 Å². The van der Waals surface area contributed by atoms with Crippen LogP contribution in [0.2, 0.25) is 0 Å². The Bertz CT molecular complexity index is 627. The van der Waals surface area contributed by atoms with E-state index < -0.39 is 0 Å². The Kier molecular flexibility index (Phi) is 3.07. The maximum absolute atomic E-state index is 4.34. The summed E-state index contributed by atoms with van der Waals surface area (Å²) in [6.45, 7) is 0. The molecule has 1 aliphatic rings. The van der Waals surface area contributed by atoms with E-state index in [2.05, 4.69) is 50.4 Å². The molecular weight excluding hydrogens is 288 g/mol. The summed E-state index contributed by atoms with van der Waals surface area (Å²) >= 11 is 3.40. The highest BCUT2D eigenvalue weighted by atomic mass is 79.9. The number of hydrogen-bond donors (Lipinski definition) is 0. The van der Waals surface area contributed by atoms with Crippen LogP contribution in [-0.4, -0.2) is 0 Å². The quantitative estimate of drug-likeness (QED) is 0.687. The van der Waals surface area contributed by atoms with E-state index in [1.54, 1.807) is 0 Å². The molecule has 18 heavy (non-hydrogen) atoms. The molecule has 0 saturated heterocycles. The second-order valence-electron chi connectivity index (χ2n) is 4.13. The number of rotatable bonds is 2. The molecule has 2 aromatic rings. The van der Waals surface area contributed by atoms with Gasteiger partial charge in [-0.3, -0.25) is 0 Å². The van der Waals surface area contributed by atoms with Gasteiger partial charge in [0.2, 0.25) is 0 Å². The minimum atomic E-state index is 0.864. The summed E-state index contributed by atoms with van der Waals surface area (Å²) in [5.74, 6) is 0. The van der Waals surface area contributed by atoms with E-state index in [1.807, 2.05) is 30.3 Å². The molecule has 0 saturated carbocycles. The van der Waals surface area contributed by atoms with Gasteiger partial charge in [0.05, 0.1) is 11.4 Å². The minimum absolute atomic E-state index is 0.864. The third-order valence-electron chi connectivity index (χ3n) is 2.91. The molecule has 1 aliphatic carbocycles. The van der Waals surface area contributed by atoms with Crippen molar-refractivity contribution in [1.29, 1.82) is 0 Å². The Morgan fingerprint density at radius 1 is 0.889 bits per heavy atom. The molecule has 0 radical (unpaired) electrons. The fourth-order valence-electron chi connectivity index (χ4n) is 1.98. The van der Waals surface area contributed by atoms with Gasteiger partial charge < -0.3 is 0 Å². The van der Waals surface area contributed by atoms with Crippen molar-refractivity contribution >= 4 is 27.3 Å². The van der Waals surface area contributed by atoms with Gasteiger partial charge in [0.15, 0.2) is 0 Å². The van der Waals surface area contributed by atoms with E-state index in [9.17, 15) is 0 Å². The van der Waals surface area contributed by atoms with E-state index in [1.165, 1.54) is 11.1 Å². The van der Waals surface area contributed by atoms with Crippen LogP contribution in [0.1, 0.15) is 11.1 Å². The van der Waals surface area contributed by atoms with Gasteiger partial charge in [0.25, 0.3) is 0 Å². The summed E-state index contributed by atoms with van der Waals surface area (Å²) in [5, 5.41) is 8.60. The number of azo groups is 1. The number of fused-ring (bicyclic) bond motifs is 1. The van der Waals surface area contributed by atoms with Crippen LogP contribution in [0.5, 0.6) is 0 Å². The summed E-state index contributed by atoms with van der Waals surface area (Å²) < 4.78 is 1.05. The fraction of sp³-hybridized carbons (Fsp3) is 0.0667. The van der Waals surface area contributed by atoms with Crippen molar-refractivity contribution in [2.45, 2.75) is 6.42 Å². The summed E-state index contributed by atoms with van der Waals surface area (Å²) in [6, 6.07) is 16.1. The second-order valence-corrected chi connectivity index (χ2v) is 5.04. The van der Waals surface area contributed by atoms with Gasteiger partial charge in [-0.15, -0.1) is 0 Å². The third-order valence-corrected chi connectivity index (χ3v) is 3.44. The average molecular weight is 299 g/mol. The standard InChI is InChI=1S/C15H11BrN2/c16-12-6-8-13(9-7-12)17-18-15-10-5-11-3-1-2-4-14(11)15/h1-4,6-10H,5H2. The van der Waals surface area contributed by atoms with Crippen LogP contribution >= 0.6 is 15.9 Å². The predicted molar refractivity (Wildman–Crippen MR) is 76.8 cm³/mol. The molecule has 0 amide bonds. The smallest absolute Gasteiger partial charge is 0.0895 e. The van der Waals surface area contributed by atoms with Crippen LogP contribution in [0.15, 0.2) is 69.3 Å². The summed E-state index contributed by atoms with van der Waals surface area (Å²) in [5.41, 5.74) is 4.35. The molecular formula is C15H11BrN2. The molecule has 0 aromatic heterocycles. The summed E-state index contributed by atoms with van der Waals surface area (Å²) in [7, 11) is 0. The first kappa shape index (κ1) is 11.4. The molecule has 0 spiro atoms. The van der Waals surface area contributed by atoms with Crippen LogP contribution in [-0.2, 0) is 6.42 Å². The molecule has 0 heterocycles. The average Bonchev–Trinajstić information content (AvgIpc) is 2.82. The number of halogens is 1. The molecule has 0 aliphatic heterocycles. The summed E-state index contributed by atoms with van der Waals surface area (Å²) in [4.78, 5) is 0. The molecule has 2 nitrogen and oxygen atoms in total. The normalized spacial score (nSPS) is 13.7. The minimum Gasteiger partial charge on any atom is -0.151 e. The van der Waals surface area contributed by atoms with Crippen LogP contribution in [0.4, 0.5) is 5.69 Å². The van der Waals surface area contributed by atoms with E-state index in [0.29, 0.717) is 0 Å². The van der Waals surface area contributed by atoms with Crippen LogP contribution in [0.25, 0.3) is 5.70 Å². The highest BCUT2D eigenvalue weighted by molar-refractivity contribution is 9.10. The number of allylic oxidation sites excluding steroid dienone is 1. The lowest BCUT2D eigenvalue weighted by Gasteiger charge is -1.99. The zero-order valence-electron chi connectivity index (χ0n) is 9.68. The zero-order valence-corrected chi connectivity index (χ0v) is 11.3. The van der Waals surface area contributed by atoms with Crippen molar-refractivity contribution in [2.24, 2.45) is 10.2 Å². The van der Waals surface area contributed by atoms with E-state index >= 15 is 0 Å². The monoisotopic (exact) mass is 298 g/mol. The number of benzene rings is 2. The van der Waals surface area contributed by atoms with Gasteiger partial charge in [0, 0.05) is 10.0 Å². The lowest BCUT2D eigenvalue weighted by molar-refractivity contribution is 1.24. The lowest BCUT2D eigenvalue weighted by atomic mass is 10.1. The first-order valence-electron chi connectivity index (χ1n) is 5.79. The Balaban J connectivity index is 1.84. The molecule has 88 valence electrons. The Morgan fingerprint density at radius 2 is 1.67 bits per heavy atom. The molecule has 3 heteroatoms. The fourth-order valence-corrected chi connectivity index (χ4v) is 2.24. The molecule has 0 bridgehead atoms. The highest BCUT2D eigenvalue weighted by Crippen LogP contribution is 2.29. The van der Waals surface area contributed by atoms with Crippen molar-refractivity contribution in [3.63, 3.8) is 0 Å². The van der Waals surface area contributed by atoms with Gasteiger partial charge in [-0.2, -0.15) is 10.2 Å². The molecule has 0 atom stereocenters. The van der Waals surface area contributed by atoms with Gasteiger partial charge in [-0.1, -0.05) is 46.3 Å². The van der Waals surface area contributed by atoms with Crippen LogP contribution in [0, 0.1) is 0 Å². The topological polar surface area (TPSA) is 24.7 Å². The van der Waals surface area contributed by atoms with E-state index in [0.717, 1.165) is 22.3 Å². The van der Waals surface area contributed by atoms with Gasteiger partial charge in [-0.05, 0) is 36.2 Å². The maximum Gasteiger partial charge on any atom is 0.0895 e. The lowest BCUT2D eigenvalue weighted by Crippen LogP contribution is -1.80. The Morgan fingerprint density at radius 3 is 2.50 bits per heavy atom. The number of hydrogen-bond acceptors (Lipinski definition) is 2. The SMILES string of the molecule is Brc1ccc(N=NC2=CCc3ccccc32)cc1. The second kappa shape index (κ2) is 4.86. The molecule has 2 aromatic carbocycles. The van der Waals surface area contributed by atoms with Crippen molar-refractivity contribution in [3.8, 4) is 0 Å². The first-order chi connectivity index (χ1) is 8.83. The third kappa shape index (κ3) is 2.27. The predicted octanol–water partition coefficient (Wildman–Crippen LogP) is 5.13. The Labute approximate surface area is 114 Å². The van der Waals surface area contributed by atoms with Crippen LogP contribution in [0.3, 0.4) is 0 Å². The van der Waals surface area contributed by atoms with Crippen molar-refractivity contribution in [2.75, 3.05) is 0 Å². The van der Waals surface area contributed by atoms with Crippen LogP contribution < -0.4 is 0 Å². The number of nitrogens with zero attached hydrogens (tertiary/aromatic N) is 2. The van der Waals surface area contributed by atoms with Crippen molar-refractivity contribution in [3.05, 3.63) is 70.2 Å². The first-order valence-corrected chi connectivity index (χ1v) is 6.58. The molecule has 0 fully saturated rings. The zero-order chi connectivity index (χ0) is 12.4. The van der Waals surface area contributed by atoms with Gasteiger partial charge >= 0.3 is 0 Å². The van der Waals surface area contributed by atoms with Gasteiger partial charge in [-0.25, -0.2) is 0 Å². The highest BCUT2D eigenvalue weighted by Gasteiger charge is 2.12. The maximum atomic E-state index is 4.34. The van der Waals surface area contributed by atoms with E-state index in [4.69, 9.17) is 0 Å². The van der Waals surface area contributed by atoms with E-state index in [-0.39, 0.29) is 0 Å². The molecule has 0 N–H and O–H groups in total. The molecule has 0 unspecified atom stereocenters. The van der Waals surface area contributed by atoms with Crippen molar-refractivity contribution < 1.29 is 0 Å². The largest absolute Gasteiger partial charge is 0.151 e. The van der Waals surface area contributed by atoms with Crippen molar-refractivity contribution in [1.82, 2.24) is 0 Å². The summed E-state index contributed by atoms with van der Waals surface area (Å²) in [6.07, 6.45) is 3.07. The molecule has 3 rings (SSSR count). The Hall–Kier alpha value is -1.74.